The summed E-state index contributed by atoms with van der Waals surface area (Å²) >= 11 is 0. The molecule has 0 aromatic rings. The summed E-state index contributed by atoms with van der Waals surface area (Å²) < 4.78 is 5.93. The zero-order chi connectivity index (χ0) is 14.0. The van der Waals surface area contributed by atoms with Gasteiger partial charge in [0.1, 0.15) is 5.60 Å². The number of carbonyl (C=O) groups is 1. The average Bonchev–Trinajstić information content (AvgIpc) is 2.41. The quantitative estimate of drug-likeness (QED) is 0.731. The Bertz CT molecular complexity index is 297. The van der Waals surface area contributed by atoms with Gasteiger partial charge in [-0.25, -0.2) is 0 Å². The molecule has 1 fully saturated rings. The van der Waals surface area contributed by atoms with Gasteiger partial charge in [-0.2, -0.15) is 0 Å². The van der Waals surface area contributed by atoms with Crippen LogP contribution in [0.25, 0.3) is 0 Å². The number of Topliss-reactive ketones (excluding diaryl/α,β-unsaturated/α-hetero) is 1. The van der Waals surface area contributed by atoms with Gasteiger partial charge in [-0.3, -0.25) is 4.79 Å². The van der Waals surface area contributed by atoms with E-state index in [-0.39, 0.29) is 17.3 Å². The second kappa shape index (κ2) is 5.70. The largest absolute Gasteiger partial charge is 0.361 e. The summed E-state index contributed by atoms with van der Waals surface area (Å²) in [5.74, 6) is 0.242. The van der Waals surface area contributed by atoms with Crippen molar-refractivity contribution in [2.24, 2.45) is 5.92 Å². The highest BCUT2D eigenvalue weighted by molar-refractivity contribution is 5.91. The van der Waals surface area contributed by atoms with Crippen molar-refractivity contribution in [3.8, 4) is 0 Å². The minimum absolute atomic E-state index is 0.00990. The van der Waals surface area contributed by atoms with Gasteiger partial charge in [0.2, 0.25) is 0 Å². The highest BCUT2D eigenvalue weighted by atomic mass is 16.5. The Morgan fingerprint density at radius 3 is 2.22 bits per heavy atom. The minimum atomic E-state index is -0.627. The molecule has 0 aromatic heterocycles. The third-order valence-corrected chi connectivity index (χ3v) is 3.98. The van der Waals surface area contributed by atoms with Gasteiger partial charge in [-0.1, -0.05) is 20.3 Å². The van der Waals surface area contributed by atoms with Gasteiger partial charge < -0.3 is 9.64 Å². The first-order valence-corrected chi connectivity index (χ1v) is 7.21. The second-order valence-electron chi connectivity index (χ2n) is 6.38. The molecule has 3 heteroatoms. The van der Waals surface area contributed by atoms with Crippen LogP contribution in [0.3, 0.4) is 0 Å². The average molecular weight is 255 g/mol. The molecule has 1 aliphatic heterocycles. The summed E-state index contributed by atoms with van der Waals surface area (Å²) in [6.45, 7) is 15.1. The lowest BCUT2D eigenvalue weighted by molar-refractivity contribution is -0.132. The normalized spacial score (nSPS) is 25.9. The second-order valence-corrected chi connectivity index (χ2v) is 6.38. The zero-order valence-corrected chi connectivity index (χ0v) is 12.9. The van der Waals surface area contributed by atoms with Crippen LogP contribution in [-0.4, -0.2) is 41.5 Å². The van der Waals surface area contributed by atoms with Crippen molar-refractivity contribution < 1.29 is 9.53 Å². The van der Waals surface area contributed by atoms with Crippen LogP contribution in [0.4, 0.5) is 0 Å². The number of ketones is 1. The van der Waals surface area contributed by atoms with Crippen molar-refractivity contribution in [1.29, 1.82) is 0 Å². The fraction of sp³-hybridized carbons (Fsp3) is 0.933. The number of rotatable bonds is 6. The van der Waals surface area contributed by atoms with E-state index in [2.05, 4.69) is 18.7 Å². The van der Waals surface area contributed by atoms with Crippen LogP contribution in [0.1, 0.15) is 54.4 Å². The van der Waals surface area contributed by atoms with Crippen molar-refractivity contribution in [1.82, 2.24) is 4.90 Å². The summed E-state index contributed by atoms with van der Waals surface area (Å²) in [4.78, 5) is 14.8. The Labute approximate surface area is 112 Å². The smallest absolute Gasteiger partial charge is 0.171 e. The molecule has 0 amide bonds. The molecule has 0 bridgehead atoms. The molecule has 0 spiro atoms. The van der Waals surface area contributed by atoms with E-state index >= 15 is 0 Å². The Hall–Kier alpha value is -0.410. The predicted molar refractivity (Wildman–Crippen MR) is 74.8 cm³/mol. The molecule has 1 aliphatic rings. The molecule has 0 aliphatic carbocycles. The molecule has 106 valence electrons. The fourth-order valence-electron chi connectivity index (χ4n) is 2.84. The molecule has 3 nitrogen and oxygen atoms in total. The number of carbonyl (C=O) groups excluding carboxylic acids is 1. The molecule has 1 rings (SSSR count). The molecule has 1 unspecified atom stereocenters. The van der Waals surface area contributed by atoms with Crippen LogP contribution in [0.2, 0.25) is 0 Å². The third-order valence-electron chi connectivity index (χ3n) is 3.98. The lowest BCUT2D eigenvalue weighted by Gasteiger charge is -2.30. The molecule has 1 heterocycles. The monoisotopic (exact) mass is 255 g/mol. The van der Waals surface area contributed by atoms with Crippen LogP contribution in [-0.2, 0) is 9.53 Å². The standard InChI is InChI=1S/C15H29NO2/c1-7-9-10-16(8-2)11-12-13(17)15(5,6)18-14(12,3)4/h12H,7-11H2,1-6H3. The van der Waals surface area contributed by atoms with Gasteiger partial charge in [-0.15, -0.1) is 0 Å². The first kappa shape index (κ1) is 15.6. The highest BCUT2D eigenvalue weighted by Gasteiger charge is 2.53. The van der Waals surface area contributed by atoms with Crippen molar-refractivity contribution in [2.45, 2.75) is 65.6 Å². The van der Waals surface area contributed by atoms with Gasteiger partial charge >= 0.3 is 0 Å². The molecule has 1 atom stereocenters. The highest BCUT2D eigenvalue weighted by Crippen LogP contribution is 2.39. The summed E-state index contributed by atoms with van der Waals surface area (Å²) in [6.07, 6.45) is 2.39. The Morgan fingerprint density at radius 1 is 1.22 bits per heavy atom. The van der Waals surface area contributed by atoms with E-state index in [0.29, 0.717) is 0 Å². The minimum Gasteiger partial charge on any atom is -0.361 e. The molecule has 18 heavy (non-hydrogen) atoms. The van der Waals surface area contributed by atoms with Gasteiger partial charge in [0, 0.05) is 6.54 Å². The Balaban J connectivity index is 2.72. The topological polar surface area (TPSA) is 29.5 Å². The van der Waals surface area contributed by atoms with E-state index in [1.165, 1.54) is 12.8 Å². The van der Waals surface area contributed by atoms with Gasteiger partial charge in [0.05, 0.1) is 11.5 Å². The maximum absolute atomic E-state index is 12.4. The summed E-state index contributed by atoms with van der Waals surface area (Å²) in [7, 11) is 0. The van der Waals surface area contributed by atoms with Crippen molar-refractivity contribution in [2.75, 3.05) is 19.6 Å². The van der Waals surface area contributed by atoms with E-state index in [4.69, 9.17) is 4.74 Å². The molecule has 0 radical (unpaired) electrons. The van der Waals surface area contributed by atoms with Crippen LogP contribution >= 0.6 is 0 Å². The van der Waals surface area contributed by atoms with E-state index < -0.39 is 5.60 Å². The first-order valence-electron chi connectivity index (χ1n) is 7.21. The van der Waals surface area contributed by atoms with Crippen LogP contribution in [0, 0.1) is 5.92 Å². The molecule has 0 N–H and O–H groups in total. The molecule has 0 saturated carbocycles. The summed E-state index contributed by atoms with van der Waals surface area (Å²) in [5.41, 5.74) is -0.974. The SMILES string of the molecule is CCCCN(CC)CC1C(=O)C(C)(C)OC1(C)C. The summed E-state index contributed by atoms with van der Waals surface area (Å²) in [5, 5.41) is 0. The maximum atomic E-state index is 12.4. The first-order chi connectivity index (χ1) is 8.24. The van der Waals surface area contributed by atoms with Crippen LogP contribution in [0.15, 0.2) is 0 Å². The number of ether oxygens (including phenoxy) is 1. The maximum Gasteiger partial charge on any atom is 0.171 e. The molecule has 1 saturated heterocycles. The van der Waals surface area contributed by atoms with E-state index in [0.717, 1.165) is 19.6 Å². The fourth-order valence-corrected chi connectivity index (χ4v) is 2.84. The predicted octanol–water partition coefficient (Wildman–Crippen LogP) is 2.88. The lowest BCUT2D eigenvalue weighted by atomic mass is 9.85. The number of hydrogen-bond acceptors (Lipinski definition) is 3. The summed E-state index contributed by atoms with van der Waals surface area (Å²) in [6, 6.07) is 0. The van der Waals surface area contributed by atoms with Gasteiger partial charge in [0.25, 0.3) is 0 Å². The van der Waals surface area contributed by atoms with Gasteiger partial charge in [0.15, 0.2) is 5.78 Å². The van der Waals surface area contributed by atoms with E-state index in [1.54, 1.807) is 0 Å². The molecular weight excluding hydrogens is 226 g/mol. The van der Waals surface area contributed by atoms with Crippen LogP contribution in [0.5, 0.6) is 0 Å². The number of nitrogens with zero attached hydrogens (tertiary/aromatic N) is 1. The Kier molecular flexibility index (Phi) is 4.96. The van der Waals surface area contributed by atoms with Crippen molar-refractivity contribution in [3.63, 3.8) is 0 Å². The van der Waals surface area contributed by atoms with Crippen molar-refractivity contribution in [3.05, 3.63) is 0 Å². The lowest BCUT2D eigenvalue weighted by Crippen LogP contribution is -2.41. The van der Waals surface area contributed by atoms with E-state index in [1.807, 2.05) is 27.7 Å². The van der Waals surface area contributed by atoms with E-state index in [9.17, 15) is 4.79 Å². The number of hydrogen-bond donors (Lipinski definition) is 0. The van der Waals surface area contributed by atoms with Gasteiger partial charge in [-0.05, 0) is 47.2 Å². The molecular formula is C15H29NO2. The molecule has 0 aromatic carbocycles. The van der Waals surface area contributed by atoms with Crippen LogP contribution < -0.4 is 0 Å². The zero-order valence-electron chi connectivity index (χ0n) is 12.9. The third kappa shape index (κ3) is 3.33. The Morgan fingerprint density at radius 2 is 1.83 bits per heavy atom. The van der Waals surface area contributed by atoms with Crippen molar-refractivity contribution >= 4 is 5.78 Å². The number of unbranched alkanes of at least 4 members (excludes halogenated alkanes) is 1.